The van der Waals surface area contributed by atoms with E-state index in [1.54, 1.807) is 12.1 Å². The van der Waals surface area contributed by atoms with Gasteiger partial charge >= 0.3 is 11.9 Å². The van der Waals surface area contributed by atoms with Crippen molar-refractivity contribution in [3.05, 3.63) is 71.3 Å². The van der Waals surface area contributed by atoms with Crippen molar-refractivity contribution in [2.45, 2.75) is 62.7 Å². The summed E-state index contributed by atoms with van der Waals surface area (Å²) >= 11 is 0.954. The van der Waals surface area contributed by atoms with E-state index in [1.165, 1.54) is 24.8 Å². The maximum Gasteiger partial charge on any atom is 0.334 e. The van der Waals surface area contributed by atoms with Gasteiger partial charge in [-0.3, -0.25) is 4.79 Å². The molecule has 0 bridgehead atoms. The number of carboxylic acids is 2. The number of carbonyl (C=O) groups is 2. The van der Waals surface area contributed by atoms with Crippen LogP contribution in [0.15, 0.2) is 54.6 Å². The van der Waals surface area contributed by atoms with E-state index in [9.17, 15) is 19.8 Å². The molecular weight excluding hydrogens is 412 g/mol. The van der Waals surface area contributed by atoms with Gasteiger partial charge in [0.15, 0.2) is 6.10 Å². The first kappa shape index (κ1) is 25.0. The number of hydrogen-bond acceptors (Lipinski definition) is 4. The van der Waals surface area contributed by atoms with Crippen LogP contribution in [0.4, 0.5) is 0 Å². The molecule has 0 heterocycles. The van der Waals surface area contributed by atoms with E-state index in [0.29, 0.717) is 5.56 Å². The Balaban J connectivity index is 1.79. The van der Waals surface area contributed by atoms with Crippen molar-refractivity contribution in [2.75, 3.05) is 5.75 Å². The Morgan fingerprint density at radius 2 is 1.35 bits per heavy atom. The Morgan fingerprint density at radius 1 is 0.774 bits per heavy atom. The number of aliphatic hydroxyl groups excluding tert-OH is 1. The largest absolute Gasteiger partial charge is 0.481 e. The molecule has 0 amide bonds. The average molecular weight is 445 g/mol. The van der Waals surface area contributed by atoms with Gasteiger partial charge in [0.05, 0.1) is 11.0 Å². The van der Waals surface area contributed by atoms with Gasteiger partial charge < -0.3 is 15.3 Å². The Kier molecular flexibility index (Phi) is 11.2. The molecular formula is C25H32O5S. The van der Waals surface area contributed by atoms with Gasteiger partial charge in [0.25, 0.3) is 0 Å². The Labute approximate surface area is 188 Å². The summed E-state index contributed by atoms with van der Waals surface area (Å²) in [6.07, 6.45) is 7.10. The van der Waals surface area contributed by atoms with Crippen LogP contribution in [0, 0.1) is 0 Å². The normalized spacial score (nSPS) is 12.9. The minimum Gasteiger partial charge on any atom is -0.481 e. The summed E-state index contributed by atoms with van der Waals surface area (Å²) in [4.78, 5) is 22.3. The van der Waals surface area contributed by atoms with E-state index < -0.39 is 23.3 Å². The van der Waals surface area contributed by atoms with E-state index >= 15 is 0 Å². The first-order valence-electron chi connectivity index (χ1n) is 10.8. The molecule has 2 unspecified atom stereocenters. The van der Waals surface area contributed by atoms with Gasteiger partial charge in [0.1, 0.15) is 0 Å². The molecule has 168 valence electrons. The molecule has 31 heavy (non-hydrogen) atoms. The molecule has 0 spiro atoms. The van der Waals surface area contributed by atoms with Crippen molar-refractivity contribution >= 4 is 23.7 Å². The second-order valence-electron chi connectivity index (χ2n) is 7.71. The number of carboxylic acid groups (broad SMARTS) is 2. The number of rotatable bonds is 15. The van der Waals surface area contributed by atoms with Crippen LogP contribution in [0.5, 0.6) is 0 Å². The number of benzene rings is 2. The third kappa shape index (κ3) is 9.15. The van der Waals surface area contributed by atoms with Crippen LogP contribution in [-0.2, 0) is 22.4 Å². The number of aliphatic carboxylic acids is 2. The van der Waals surface area contributed by atoms with Crippen LogP contribution >= 0.6 is 11.8 Å². The summed E-state index contributed by atoms with van der Waals surface area (Å²) in [5.74, 6) is -2.63. The monoisotopic (exact) mass is 444 g/mol. The molecule has 0 saturated carbocycles. The summed E-state index contributed by atoms with van der Waals surface area (Å²) in [6.45, 7) is 0. The molecule has 2 atom stereocenters. The van der Waals surface area contributed by atoms with Crippen molar-refractivity contribution < 1.29 is 24.9 Å². The zero-order chi connectivity index (χ0) is 22.5. The van der Waals surface area contributed by atoms with Gasteiger partial charge in [-0.25, -0.2) is 4.79 Å². The number of aryl methyl sites for hydroxylation is 2. The van der Waals surface area contributed by atoms with Gasteiger partial charge in [-0.2, -0.15) is 0 Å². The van der Waals surface area contributed by atoms with Gasteiger partial charge in [0, 0.05) is 0 Å². The van der Waals surface area contributed by atoms with E-state index in [-0.39, 0.29) is 5.75 Å². The molecule has 6 heteroatoms. The molecule has 0 saturated heterocycles. The molecule has 2 aromatic carbocycles. The molecule has 0 aliphatic heterocycles. The van der Waals surface area contributed by atoms with E-state index in [1.807, 2.05) is 18.2 Å². The van der Waals surface area contributed by atoms with E-state index in [2.05, 4.69) is 24.3 Å². The lowest BCUT2D eigenvalue weighted by Crippen LogP contribution is -2.27. The molecule has 0 aliphatic carbocycles. The molecule has 2 rings (SSSR count). The molecule has 0 radical (unpaired) electrons. The standard InChI is InChI=1S/C25H32O5S/c26-22(27)18-31-24(23(28)25(29)30)21-17-11-10-16-20(21)15-9-4-2-1-3-6-12-19-13-7-5-8-14-19/h5,7-8,10-11,13-14,16-17,23-24,28H,1-4,6,9,12,15,18H2,(H,26,27)(H,29,30). The highest BCUT2D eigenvalue weighted by Crippen LogP contribution is 2.35. The molecule has 0 fully saturated rings. The summed E-state index contributed by atoms with van der Waals surface area (Å²) in [5, 5.41) is 27.6. The van der Waals surface area contributed by atoms with Crippen molar-refractivity contribution in [3.63, 3.8) is 0 Å². The van der Waals surface area contributed by atoms with Gasteiger partial charge in [-0.15, -0.1) is 11.8 Å². The van der Waals surface area contributed by atoms with E-state index in [0.717, 1.165) is 49.4 Å². The van der Waals surface area contributed by atoms with Gasteiger partial charge in [-0.05, 0) is 42.4 Å². The highest BCUT2D eigenvalue weighted by molar-refractivity contribution is 8.00. The highest BCUT2D eigenvalue weighted by atomic mass is 32.2. The summed E-state index contributed by atoms with van der Waals surface area (Å²) in [7, 11) is 0. The number of aliphatic hydroxyl groups is 1. The fourth-order valence-corrected chi connectivity index (χ4v) is 4.71. The molecule has 5 nitrogen and oxygen atoms in total. The Morgan fingerprint density at radius 3 is 2.00 bits per heavy atom. The first-order chi connectivity index (χ1) is 15.0. The maximum absolute atomic E-state index is 11.3. The van der Waals surface area contributed by atoms with Gasteiger partial charge in [0.2, 0.25) is 0 Å². The summed E-state index contributed by atoms with van der Waals surface area (Å²) in [6, 6.07) is 18.0. The second kappa shape index (κ2) is 13.9. The zero-order valence-corrected chi connectivity index (χ0v) is 18.6. The topological polar surface area (TPSA) is 94.8 Å². The predicted molar refractivity (Wildman–Crippen MR) is 124 cm³/mol. The SMILES string of the molecule is O=C(O)CSC(c1ccccc1CCCCCCCCc1ccccc1)C(O)C(=O)O. The fraction of sp³-hybridized carbons (Fsp3) is 0.440. The zero-order valence-electron chi connectivity index (χ0n) is 17.8. The summed E-state index contributed by atoms with van der Waals surface area (Å²) < 4.78 is 0. The quantitative estimate of drug-likeness (QED) is 0.330. The molecule has 2 aromatic rings. The second-order valence-corrected chi connectivity index (χ2v) is 8.84. The van der Waals surface area contributed by atoms with Crippen molar-refractivity contribution in [1.82, 2.24) is 0 Å². The smallest absolute Gasteiger partial charge is 0.334 e. The fourth-order valence-electron chi connectivity index (χ4n) is 3.68. The van der Waals surface area contributed by atoms with Gasteiger partial charge in [-0.1, -0.05) is 80.3 Å². The van der Waals surface area contributed by atoms with Crippen LogP contribution in [0.25, 0.3) is 0 Å². The van der Waals surface area contributed by atoms with Crippen LogP contribution in [0.3, 0.4) is 0 Å². The average Bonchev–Trinajstić information content (AvgIpc) is 2.76. The maximum atomic E-state index is 11.3. The lowest BCUT2D eigenvalue weighted by Gasteiger charge is -2.22. The number of thioether (sulfide) groups is 1. The van der Waals surface area contributed by atoms with E-state index in [4.69, 9.17) is 5.11 Å². The molecule has 0 aliphatic rings. The minimum atomic E-state index is -1.64. The van der Waals surface area contributed by atoms with Crippen LogP contribution in [-0.4, -0.2) is 39.1 Å². The third-order valence-corrected chi connectivity index (χ3v) is 6.58. The molecule has 0 aromatic heterocycles. The third-order valence-electron chi connectivity index (χ3n) is 5.29. The first-order valence-corrected chi connectivity index (χ1v) is 11.9. The molecule has 3 N–H and O–H groups in total. The number of hydrogen-bond donors (Lipinski definition) is 3. The van der Waals surface area contributed by atoms with Crippen molar-refractivity contribution in [3.8, 4) is 0 Å². The van der Waals surface area contributed by atoms with Crippen LogP contribution < -0.4 is 0 Å². The predicted octanol–water partition coefficient (Wildman–Crippen LogP) is 5.12. The van der Waals surface area contributed by atoms with Crippen LogP contribution in [0.2, 0.25) is 0 Å². The summed E-state index contributed by atoms with van der Waals surface area (Å²) in [5.41, 5.74) is 3.08. The lowest BCUT2D eigenvalue weighted by molar-refractivity contribution is -0.146. The van der Waals surface area contributed by atoms with Crippen LogP contribution in [0.1, 0.15) is 60.5 Å². The van der Waals surface area contributed by atoms with Crippen molar-refractivity contribution in [2.24, 2.45) is 0 Å². The Hall–Kier alpha value is -2.31. The highest BCUT2D eigenvalue weighted by Gasteiger charge is 2.29. The van der Waals surface area contributed by atoms with Crippen molar-refractivity contribution in [1.29, 1.82) is 0 Å². The minimum absolute atomic E-state index is 0.258. The lowest BCUT2D eigenvalue weighted by atomic mass is 9.96. The Bertz CT molecular complexity index is 809. The number of unbranched alkanes of at least 4 members (excludes halogenated alkanes) is 5.